The average molecular weight is 282 g/mol. The van der Waals surface area contributed by atoms with Gasteiger partial charge in [0.25, 0.3) is 0 Å². The molecule has 0 saturated carbocycles. The van der Waals surface area contributed by atoms with E-state index < -0.39 is 0 Å². The number of thiophene rings is 1. The van der Waals surface area contributed by atoms with E-state index in [9.17, 15) is 0 Å². The summed E-state index contributed by atoms with van der Waals surface area (Å²) in [5, 5.41) is 7.63. The van der Waals surface area contributed by atoms with E-state index in [1.807, 2.05) is 13.1 Å². The van der Waals surface area contributed by atoms with E-state index in [0.29, 0.717) is 0 Å². The van der Waals surface area contributed by atoms with Crippen LogP contribution in [0.2, 0.25) is 0 Å². The summed E-state index contributed by atoms with van der Waals surface area (Å²) < 4.78 is 1.12. The van der Waals surface area contributed by atoms with Gasteiger partial charge in [0.2, 0.25) is 0 Å². The predicted octanol–water partition coefficient (Wildman–Crippen LogP) is 3.82. The van der Waals surface area contributed by atoms with Gasteiger partial charge in [-0.2, -0.15) is 11.3 Å². The summed E-state index contributed by atoms with van der Waals surface area (Å²) in [5.41, 5.74) is 2.60. The van der Waals surface area contributed by atoms with Gasteiger partial charge in [-0.05, 0) is 47.1 Å². The van der Waals surface area contributed by atoms with Crippen molar-refractivity contribution in [3.05, 3.63) is 56.7 Å². The van der Waals surface area contributed by atoms with Crippen molar-refractivity contribution >= 4 is 27.3 Å². The highest BCUT2D eigenvalue weighted by Crippen LogP contribution is 2.25. The Morgan fingerprint density at radius 2 is 2.13 bits per heavy atom. The summed E-state index contributed by atoms with van der Waals surface area (Å²) in [4.78, 5) is 0. The van der Waals surface area contributed by atoms with Crippen LogP contribution in [0.4, 0.5) is 0 Å². The number of rotatable bonds is 3. The molecule has 0 bridgehead atoms. The molecule has 1 aromatic carbocycles. The maximum absolute atomic E-state index is 3.50. The lowest BCUT2D eigenvalue weighted by molar-refractivity contribution is 0.694. The first-order chi connectivity index (χ1) is 7.31. The van der Waals surface area contributed by atoms with Gasteiger partial charge in [0, 0.05) is 4.47 Å². The molecule has 0 aliphatic heterocycles. The third-order valence-electron chi connectivity index (χ3n) is 2.35. The molecule has 1 nitrogen and oxygen atoms in total. The molecule has 0 aliphatic carbocycles. The number of halogens is 1. The number of benzene rings is 1. The van der Waals surface area contributed by atoms with Gasteiger partial charge >= 0.3 is 0 Å². The topological polar surface area (TPSA) is 12.0 Å². The van der Waals surface area contributed by atoms with Gasteiger partial charge in [-0.3, -0.25) is 0 Å². The van der Waals surface area contributed by atoms with Gasteiger partial charge in [0.1, 0.15) is 0 Å². The lowest BCUT2D eigenvalue weighted by atomic mass is 10.0. The van der Waals surface area contributed by atoms with Crippen molar-refractivity contribution in [3.63, 3.8) is 0 Å². The van der Waals surface area contributed by atoms with Gasteiger partial charge in [-0.1, -0.05) is 28.1 Å². The van der Waals surface area contributed by atoms with Gasteiger partial charge in [0.05, 0.1) is 6.04 Å². The van der Waals surface area contributed by atoms with Gasteiger partial charge in [-0.25, -0.2) is 0 Å². The van der Waals surface area contributed by atoms with Crippen LogP contribution in [0.25, 0.3) is 0 Å². The molecule has 1 unspecified atom stereocenters. The molecule has 0 aliphatic rings. The Bertz CT molecular complexity index is 425. The van der Waals surface area contributed by atoms with Crippen molar-refractivity contribution in [2.24, 2.45) is 0 Å². The highest BCUT2D eigenvalue weighted by Gasteiger charge is 2.11. The molecular formula is C12H12BrNS. The van der Waals surface area contributed by atoms with E-state index in [1.54, 1.807) is 11.3 Å². The van der Waals surface area contributed by atoms with Gasteiger partial charge in [0.15, 0.2) is 0 Å². The Hall–Kier alpha value is -0.640. The Labute approximate surface area is 102 Å². The van der Waals surface area contributed by atoms with E-state index >= 15 is 0 Å². The van der Waals surface area contributed by atoms with Crippen LogP contribution in [0.1, 0.15) is 17.2 Å². The first-order valence-electron chi connectivity index (χ1n) is 4.76. The summed E-state index contributed by atoms with van der Waals surface area (Å²) in [5.74, 6) is 0. The summed E-state index contributed by atoms with van der Waals surface area (Å²) in [7, 11) is 1.99. The molecule has 2 aromatic rings. The first kappa shape index (κ1) is 10.9. The summed E-state index contributed by atoms with van der Waals surface area (Å²) in [6.45, 7) is 0. The first-order valence-corrected chi connectivity index (χ1v) is 6.49. The van der Waals surface area contributed by atoms with Crippen LogP contribution in [0.15, 0.2) is 45.6 Å². The van der Waals surface area contributed by atoms with Crippen molar-refractivity contribution in [1.82, 2.24) is 5.32 Å². The lowest BCUT2D eigenvalue weighted by Gasteiger charge is -2.15. The fraction of sp³-hybridized carbons (Fsp3) is 0.167. The van der Waals surface area contributed by atoms with Crippen molar-refractivity contribution in [1.29, 1.82) is 0 Å². The minimum Gasteiger partial charge on any atom is -0.309 e. The van der Waals surface area contributed by atoms with Gasteiger partial charge in [-0.15, -0.1) is 0 Å². The maximum atomic E-state index is 3.50. The SMILES string of the molecule is CNC(c1ccsc1)c1cccc(Br)c1. The molecule has 1 aromatic heterocycles. The van der Waals surface area contributed by atoms with E-state index in [4.69, 9.17) is 0 Å². The van der Waals surface area contributed by atoms with E-state index in [0.717, 1.165) is 4.47 Å². The molecule has 0 spiro atoms. The van der Waals surface area contributed by atoms with Crippen molar-refractivity contribution < 1.29 is 0 Å². The van der Waals surface area contributed by atoms with Crippen LogP contribution < -0.4 is 5.32 Å². The average Bonchev–Trinajstić information content (AvgIpc) is 2.72. The molecule has 3 heteroatoms. The molecule has 1 N–H and O–H groups in total. The standard InChI is InChI=1S/C12H12BrNS/c1-14-12(10-5-6-15-8-10)9-3-2-4-11(13)7-9/h2-8,12,14H,1H3. The third-order valence-corrected chi connectivity index (χ3v) is 3.54. The van der Waals surface area contributed by atoms with E-state index in [1.165, 1.54) is 11.1 Å². The molecule has 1 atom stereocenters. The van der Waals surface area contributed by atoms with Crippen LogP contribution >= 0.6 is 27.3 Å². The molecular weight excluding hydrogens is 270 g/mol. The quantitative estimate of drug-likeness (QED) is 0.902. The summed E-state index contributed by atoms with van der Waals surface area (Å²) in [6, 6.07) is 10.9. The number of hydrogen-bond donors (Lipinski definition) is 1. The summed E-state index contributed by atoms with van der Waals surface area (Å²) in [6.07, 6.45) is 0. The maximum Gasteiger partial charge on any atom is 0.0582 e. The minimum atomic E-state index is 0.286. The fourth-order valence-corrected chi connectivity index (χ4v) is 2.75. The Morgan fingerprint density at radius 3 is 2.73 bits per heavy atom. The molecule has 0 amide bonds. The van der Waals surface area contributed by atoms with Crippen LogP contribution in [0.3, 0.4) is 0 Å². The second-order valence-corrected chi connectivity index (χ2v) is 5.03. The Morgan fingerprint density at radius 1 is 1.27 bits per heavy atom. The zero-order chi connectivity index (χ0) is 10.7. The highest BCUT2D eigenvalue weighted by atomic mass is 79.9. The molecule has 0 radical (unpaired) electrons. The Kier molecular flexibility index (Phi) is 3.57. The summed E-state index contributed by atoms with van der Waals surface area (Å²) >= 11 is 5.23. The monoisotopic (exact) mass is 281 g/mol. The van der Waals surface area contributed by atoms with Crippen LogP contribution in [0, 0.1) is 0 Å². The zero-order valence-corrected chi connectivity index (χ0v) is 10.8. The third kappa shape index (κ3) is 2.48. The highest BCUT2D eigenvalue weighted by molar-refractivity contribution is 9.10. The molecule has 78 valence electrons. The van der Waals surface area contributed by atoms with E-state index in [2.05, 4.69) is 56.3 Å². The lowest BCUT2D eigenvalue weighted by Crippen LogP contribution is -2.16. The second kappa shape index (κ2) is 4.92. The van der Waals surface area contributed by atoms with Crippen molar-refractivity contribution in [2.45, 2.75) is 6.04 Å². The van der Waals surface area contributed by atoms with Crippen LogP contribution in [0.5, 0.6) is 0 Å². The normalized spacial score (nSPS) is 12.7. The molecule has 15 heavy (non-hydrogen) atoms. The number of hydrogen-bond acceptors (Lipinski definition) is 2. The number of nitrogens with one attached hydrogen (secondary N) is 1. The second-order valence-electron chi connectivity index (χ2n) is 3.33. The smallest absolute Gasteiger partial charge is 0.0582 e. The molecule has 0 saturated heterocycles. The van der Waals surface area contributed by atoms with Crippen LogP contribution in [-0.4, -0.2) is 7.05 Å². The largest absolute Gasteiger partial charge is 0.309 e. The van der Waals surface area contributed by atoms with Crippen molar-refractivity contribution in [2.75, 3.05) is 7.05 Å². The Balaban J connectivity index is 2.35. The molecule has 0 fully saturated rings. The molecule has 1 heterocycles. The fourth-order valence-electron chi connectivity index (χ4n) is 1.65. The predicted molar refractivity (Wildman–Crippen MR) is 69.4 cm³/mol. The molecule has 2 rings (SSSR count). The zero-order valence-electron chi connectivity index (χ0n) is 8.41. The van der Waals surface area contributed by atoms with E-state index in [-0.39, 0.29) is 6.04 Å². The van der Waals surface area contributed by atoms with Crippen molar-refractivity contribution in [3.8, 4) is 0 Å². The van der Waals surface area contributed by atoms with Crippen LogP contribution in [-0.2, 0) is 0 Å². The van der Waals surface area contributed by atoms with Gasteiger partial charge < -0.3 is 5.32 Å². The minimum absolute atomic E-state index is 0.286.